The molecule has 0 bridgehead atoms. The first-order valence-corrected chi connectivity index (χ1v) is 6.02. The lowest BCUT2D eigenvalue weighted by Crippen LogP contribution is -2.49. The van der Waals surface area contributed by atoms with E-state index < -0.39 is 0 Å². The second-order valence-electron chi connectivity index (χ2n) is 4.36. The maximum Gasteiger partial charge on any atom is 0.0196 e. The summed E-state index contributed by atoms with van der Waals surface area (Å²) in [5, 5.41) is 3.41. The maximum atomic E-state index is 3.41. The Kier molecular flexibility index (Phi) is 6.27. The minimum Gasteiger partial charge on any atom is -0.314 e. The van der Waals surface area contributed by atoms with E-state index in [1.54, 1.807) is 0 Å². The van der Waals surface area contributed by atoms with Crippen LogP contribution in [0.15, 0.2) is 36.4 Å². The minimum absolute atomic E-state index is 0. The molecule has 1 atom stereocenters. The van der Waals surface area contributed by atoms with Crippen molar-refractivity contribution in [3.8, 4) is 0 Å². The highest BCUT2D eigenvalue weighted by atomic mass is 35.5. The van der Waals surface area contributed by atoms with Crippen molar-refractivity contribution in [2.75, 3.05) is 26.2 Å². The zero-order chi connectivity index (χ0) is 11.2. The van der Waals surface area contributed by atoms with Crippen molar-refractivity contribution in [3.63, 3.8) is 0 Å². The zero-order valence-electron chi connectivity index (χ0n) is 10.3. The Balaban J connectivity index is 0.00000144. The van der Waals surface area contributed by atoms with Crippen molar-refractivity contribution >= 4 is 18.5 Å². The van der Waals surface area contributed by atoms with E-state index in [4.69, 9.17) is 0 Å². The van der Waals surface area contributed by atoms with Crippen LogP contribution in [0.3, 0.4) is 0 Å². The molecule has 1 aromatic carbocycles. The van der Waals surface area contributed by atoms with Gasteiger partial charge in [-0.1, -0.05) is 42.5 Å². The van der Waals surface area contributed by atoms with Gasteiger partial charge in [0.05, 0.1) is 0 Å². The molecule has 1 aromatic rings. The van der Waals surface area contributed by atoms with E-state index in [-0.39, 0.29) is 12.4 Å². The van der Waals surface area contributed by atoms with Crippen LogP contribution in [-0.2, 0) is 0 Å². The Bertz CT molecular complexity index is 337. The third-order valence-corrected chi connectivity index (χ3v) is 3.09. The predicted octanol–water partition coefficient (Wildman–Crippen LogP) is 2.42. The number of nitrogens with one attached hydrogen (secondary N) is 1. The van der Waals surface area contributed by atoms with E-state index in [1.165, 1.54) is 5.56 Å². The van der Waals surface area contributed by atoms with Gasteiger partial charge in [0.15, 0.2) is 0 Å². The monoisotopic (exact) mass is 252 g/mol. The molecule has 3 heteroatoms. The third kappa shape index (κ3) is 4.50. The van der Waals surface area contributed by atoms with Crippen LogP contribution in [0, 0.1) is 0 Å². The van der Waals surface area contributed by atoms with E-state index >= 15 is 0 Å². The van der Waals surface area contributed by atoms with Gasteiger partial charge < -0.3 is 5.32 Å². The van der Waals surface area contributed by atoms with Crippen molar-refractivity contribution in [1.29, 1.82) is 0 Å². The van der Waals surface area contributed by atoms with Crippen molar-refractivity contribution in [3.05, 3.63) is 42.0 Å². The minimum atomic E-state index is 0. The van der Waals surface area contributed by atoms with Gasteiger partial charge in [-0.25, -0.2) is 0 Å². The Morgan fingerprint density at radius 1 is 1.35 bits per heavy atom. The molecule has 2 nitrogen and oxygen atoms in total. The maximum absolute atomic E-state index is 3.41. The molecular weight excluding hydrogens is 232 g/mol. The highest BCUT2D eigenvalue weighted by Crippen LogP contribution is 2.04. The molecule has 0 amide bonds. The summed E-state index contributed by atoms with van der Waals surface area (Å²) < 4.78 is 0. The van der Waals surface area contributed by atoms with Gasteiger partial charge in [0.2, 0.25) is 0 Å². The fourth-order valence-corrected chi connectivity index (χ4v) is 2.04. The quantitative estimate of drug-likeness (QED) is 0.889. The van der Waals surface area contributed by atoms with Crippen molar-refractivity contribution in [2.24, 2.45) is 0 Å². The number of piperazine rings is 1. The predicted molar refractivity (Wildman–Crippen MR) is 76.6 cm³/mol. The van der Waals surface area contributed by atoms with E-state index in [9.17, 15) is 0 Å². The van der Waals surface area contributed by atoms with Gasteiger partial charge in [0, 0.05) is 32.2 Å². The highest BCUT2D eigenvalue weighted by molar-refractivity contribution is 5.85. The molecule has 0 saturated carbocycles. The number of hydrogen-bond acceptors (Lipinski definition) is 2. The number of nitrogens with zero attached hydrogens (tertiary/aromatic N) is 1. The molecule has 94 valence electrons. The summed E-state index contributed by atoms with van der Waals surface area (Å²) in [5.74, 6) is 0. The molecule has 0 radical (unpaired) electrons. The molecule has 1 heterocycles. The molecule has 17 heavy (non-hydrogen) atoms. The van der Waals surface area contributed by atoms with Crippen molar-refractivity contribution in [2.45, 2.75) is 13.0 Å². The first kappa shape index (κ1) is 14.2. The standard InChI is InChI=1S/C14H20N2.ClH/c1-13-12-15-9-11-16(13)10-5-8-14-6-3-2-4-7-14;/h2-8,13,15H,9-12H2,1H3;1H/b8-5+;. The molecule has 1 unspecified atom stereocenters. The molecule has 1 N–H and O–H groups in total. The van der Waals surface area contributed by atoms with E-state index in [0.717, 1.165) is 26.2 Å². The Morgan fingerprint density at radius 2 is 2.12 bits per heavy atom. The summed E-state index contributed by atoms with van der Waals surface area (Å²) in [6, 6.07) is 11.1. The molecule has 1 aliphatic heterocycles. The van der Waals surface area contributed by atoms with Crippen LogP contribution in [0.25, 0.3) is 6.08 Å². The lowest BCUT2D eigenvalue weighted by molar-refractivity contribution is 0.193. The first-order valence-electron chi connectivity index (χ1n) is 6.02. The number of halogens is 1. The Hall–Kier alpha value is -0.830. The topological polar surface area (TPSA) is 15.3 Å². The second kappa shape index (κ2) is 7.49. The van der Waals surface area contributed by atoms with Crippen LogP contribution in [-0.4, -0.2) is 37.1 Å². The molecule has 0 spiro atoms. The van der Waals surface area contributed by atoms with Crippen LogP contribution in [0.5, 0.6) is 0 Å². The van der Waals surface area contributed by atoms with E-state index in [1.807, 2.05) is 0 Å². The fourth-order valence-electron chi connectivity index (χ4n) is 2.04. The lowest BCUT2D eigenvalue weighted by atomic mass is 10.2. The van der Waals surface area contributed by atoms with Gasteiger partial charge in [-0.15, -0.1) is 12.4 Å². The number of benzene rings is 1. The third-order valence-electron chi connectivity index (χ3n) is 3.09. The highest BCUT2D eigenvalue weighted by Gasteiger charge is 2.15. The Morgan fingerprint density at radius 3 is 2.82 bits per heavy atom. The number of rotatable bonds is 3. The molecule has 0 aromatic heterocycles. The summed E-state index contributed by atoms with van der Waals surface area (Å²) in [5.41, 5.74) is 1.28. The smallest absolute Gasteiger partial charge is 0.0196 e. The van der Waals surface area contributed by atoms with E-state index in [0.29, 0.717) is 6.04 Å². The van der Waals surface area contributed by atoms with Gasteiger partial charge in [-0.2, -0.15) is 0 Å². The van der Waals surface area contributed by atoms with Gasteiger partial charge in [-0.3, -0.25) is 4.90 Å². The van der Waals surface area contributed by atoms with Gasteiger partial charge in [-0.05, 0) is 12.5 Å². The SMILES string of the molecule is CC1CNCCN1C/C=C/c1ccccc1.Cl. The molecule has 2 rings (SSSR count). The molecular formula is C14H21ClN2. The van der Waals surface area contributed by atoms with Crippen LogP contribution in [0.2, 0.25) is 0 Å². The summed E-state index contributed by atoms with van der Waals surface area (Å²) in [6.45, 7) is 6.71. The number of hydrogen-bond donors (Lipinski definition) is 1. The van der Waals surface area contributed by atoms with Gasteiger partial charge >= 0.3 is 0 Å². The summed E-state index contributed by atoms with van der Waals surface area (Å²) in [6.07, 6.45) is 4.46. The molecule has 1 fully saturated rings. The van der Waals surface area contributed by atoms with Crippen LogP contribution in [0.4, 0.5) is 0 Å². The molecule has 0 aliphatic carbocycles. The summed E-state index contributed by atoms with van der Waals surface area (Å²) >= 11 is 0. The average Bonchev–Trinajstić information content (AvgIpc) is 2.33. The normalized spacial score (nSPS) is 21.4. The molecule has 1 saturated heterocycles. The van der Waals surface area contributed by atoms with Crippen LogP contribution >= 0.6 is 12.4 Å². The fraction of sp³-hybridized carbons (Fsp3) is 0.429. The van der Waals surface area contributed by atoms with Crippen LogP contribution in [0.1, 0.15) is 12.5 Å². The average molecular weight is 253 g/mol. The summed E-state index contributed by atoms with van der Waals surface area (Å²) in [4.78, 5) is 2.51. The second-order valence-corrected chi connectivity index (χ2v) is 4.36. The first-order chi connectivity index (χ1) is 7.86. The van der Waals surface area contributed by atoms with Crippen molar-refractivity contribution in [1.82, 2.24) is 10.2 Å². The van der Waals surface area contributed by atoms with Crippen LogP contribution < -0.4 is 5.32 Å². The Labute approximate surface area is 110 Å². The lowest BCUT2D eigenvalue weighted by Gasteiger charge is -2.32. The summed E-state index contributed by atoms with van der Waals surface area (Å²) in [7, 11) is 0. The van der Waals surface area contributed by atoms with Gasteiger partial charge in [0.25, 0.3) is 0 Å². The molecule has 1 aliphatic rings. The largest absolute Gasteiger partial charge is 0.314 e. The van der Waals surface area contributed by atoms with Gasteiger partial charge in [0.1, 0.15) is 0 Å². The van der Waals surface area contributed by atoms with Crippen molar-refractivity contribution < 1.29 is 0 Å². The zero-order valence-corrected chi connectivity index (χ0v) is 11.1. The van der Waals surface area contributed by atoms with E-state index in [2.05, 4.69) is 59.6 Å².